The fourth-order valence-corrected chi connectivity index (χ4v) is 8.45. The summed E-state index contributed by atoms with van der Waals surface area (Å²) in [7, 11) is 0. The standard InChI is InChI=1S/C55H98O14/c1-3-5-7-9-11-13-15-17-19-20-21-22-23-24-25-26-28-30-32-34-36-38-47(57)67-44(41-64-39-37-35-33-31-29-27-18-16-14-12-10-8-6-4-2)42-65-54-53(63)51(61)49(59)46(69-54)43-66-55-52(62)50(60)48(58)45(40-56)68-55/h5,7,11,13,17,19,21-22,44-46,48-56,58-63H,3-4,6,8-10,12,14-16,18,20,23-43H2,1-2H3/b7-5-,13-11-,19-17-,22-21-. The van der Waals surface area contributed by atoms with E-state index in [9.17, 15) is 40.5 Å². The molecule has 0 aromatic rings. The second-order valence-corrected chi connectivity index (χ2v) is 19.0. The van der Waals surface area contributed by atoms with Gasteiger partial charge in [-0.25, -0.2) is 0 Å². The van der Waals surface area contributed by atoms with E-state index in [0.29, 0.717) is 13.0 Å². The first-order valence-corrected chi connectivity index (χ1v) is 27.2. The summed E-state index contributed by atoms with van der Waals surface area (Å²) < 4.78 is 34.3. The molecule has 2 fully saturated rings. The van der Waals surface area contributed by atoms with Crippen LogP contribution in [0.15, 0.2) is 48.6 Å². The smallest absolute Gasteiger partial charge is 0.306 e. The van der Waals surface area contributed by atoms with Crippen molar-refractivity contribution in [2.45, 2.75) is 261 Å². The lowest BCUT2D eigenvalue weighted by Gasteiger charge is -2.42. The second-order valence-electron chi connectivity index (χ2n) is 19.0. The van der Waals surface area contributed by atoms with Crippen molar-refractivity contribution in [3.05, 3.63) is 48.6 Å². The summed E-state index contributed by atoms with van der Waals surface area (Å²) in [6, 6.07) is 0. The summed E-state index contributed by atoms with van der Waals surface area (Å²) in [4.78, 5) is 13.0. The largest absolute Gasteiger partial charge is 0.457 e. The number of aliphatic hydroxyl groups is 7. The van der Waals surface area contributed by atoms with E-state index in [2.05, 4.69) is 62.5 Å². The molecule has 14 nitrogen and oxygen atoms in total. The van der Waals surface area contributed by atoms with Crippen LogP contribution < -0.4 is 0 Å². The highest BCUT2D eigenvalue weighted by Gasteiger charge is 2.47. The Morgan fingerprint density at radius 1 is 0.493 bits per heavy atom. The number of ether oxygens (including phenoxy) is 6. The maximum absolute atomic E-state index is 13.0. The molecule has 69 heavy (non-hydrogen) atoms. The summed E-state index contributed by atoms with van der Waals surface area (Å²) in [5.41, 5.74) is 0. The number of esters is 1. The number of carbonyl (C=O) groups is 1. The Morgan fingerprint density at radius 3 is 1.48 bits per heavy atom. The number of hydrogen-bond donors (Lipinski definition) is 7. The zero-order valence-corrected chi connectivity index (χ0v) is 42.8. The first kappa shape index (κ1) is 63.1. The van der Waals surface area contributed by atoms with E-state index in [-0.39, 0.29) is 25.6 Å². The minimum Gasteiger partial charge on any atom is -0.457 e. The zero-order valence-electron chi connectivity index (χ0n) is 42.8. The molecule has 2 aliphatic rings. The Hall–Kier alpha value is -2.05. The highest BCUT2D eigenvalue weighted by Crippen LogP contribution is 2.26. The molecule has 2 saturated heterocycles. The first-order chi connectivity index (χ1) is 33.6. The Bertz CT molecular complexity index is 1320. The van der Waals surface area contributed by atoms with Crippen molar-refractivity contribution >= 4 is 5.97 Å². The Kier molecular flexibility index (Phi) is 38.8. The van der Waals surface area contributed by atoms with Gasteiger partial charge in [0, 0.05) is 13.0 Å². The molecule has 0 amide bonds. The number of allylic oxidation sites excluding steroid dienone is 8. The quantitative estimate of drug-likeness (QED) is 0.0173. The Labute approximate surface area is 416 Å². The minimum atomic E-state index is -1.71. The van der Waals surface area contributed by atoms with Crippen LogP contribution in [0.25, 0.3) is 0 Å². The van der Waals surface area contributed by atoms with Gasteiger partial charge in [0.2, 0.25) is 0 Å². The summed E-state index contributed by atoms with van der Waals surface area (Å²) >= 11 is 0. The van der Waals surface area contributed by atoms with E-state index >= 15 is 0 Å². The average molecular weight is 983 g/mol. The van der Waals surface area contributed by atoms with Crippen molar-refractivity contribution in [2.75, 3.05) is 33.0 Å². The summed E-state index contributed by atoms with van der Waals surface area (Å²) in [5.74, 6) is -0.383. The number of aliphatic hydroxyl groups excluding tert-OH is 7. The maximum Gasteiger partial charge on any atom is 0.306 e. The normalized spacial score (nSPS) is 26.0. The third kappa shape index (κ3) is 29.9. The first-order valence-electron chi connectivity index (χ1n) is 27.2. The third-order valence-electron chi connectivity index (χ3n) is 12.9. The molecule has 11 atom stereocenters. The van der Waals surface area contributed by atoms with Crippen LogP contribution in [0, 0.1) is 0 Å². The SMILES string of the molecule is CC/C=C\C/C=C\C/C=C\C/C=C\CCCCCCCCCCC(=O)OC(COCCCCCCCCCCCCCCCC)COC1OC(COC2OC(CO)C(O)C(O)C2O)C(O)C(O)C1O. The number of hydrogen-bond acceptors (Lipinski definition) is 14. The van der Waals surface area contributed by atoms with E-state index < -0.39 is 80.7 Å². The van der Waals surface area contributed by atoms with E-state index in [1.807, 2.05) is 0 Å². The maximum atomic E-state index is 13.0. The van der Waals surface area contributed by atoms with Crippen LogP contribution >= 0.6 is 0 Å². The second kappa shape index (κ2) is 42.5. The van der Waals surface area contributed by atoms with Crippen LogP contribution in [-0.2, 0) is 33.2 Å². The highest BCUT2D eigenvalue weighted by molar-refractivity contribution is 5.69. The molecular weight excluding hydrogens is 885 g/mol. The van der Waals surface area contributed by atoms with Gasteiger partial charge in [-0.2, -0.15) is 0 Å². The van der Waals surface area contributed by atoms with Crippen LogP contribution in [0.3, 0.4) is 0 Å². The van der Waals surface area contributed by atoms with E-state index in [1.165, 1.54) is 96.3 Å². The zero-order chi connectivity index (χ0) is 50.2. The van der Waals surface area contributed by atoms with Gasteiger partial charge in [0.1, 0.15) is 54.9 Å². The molecule has 7 N–H and O–H groups in total. The molecule has 0 saturated carbocycles. The van der Waals surface area contributed by atoms with Gasteiger partial charge in [-0.05, 0) is 51.4 Å². The summed E-state index contributed by atoms with van der Waals surface area (Å²) in [6.07, 6.45) is 33.1. The average Bonchev–Trinajstić information content (AvgIpc) is 3.35. The van der Waals surface area contributed by atoms with Gasteiger partial charge in [0.25, 0.3) is 0 Å². The molecule has 402 valence electrons. The fourth-order valence-electron chi connectivity index (χ4n) is 8.45. The van der Waals surface area contributed by atoms with E-state index in [4.69, 9.17) is 28.4 Å². The molecule has 2 heterocycles. The number of unbranched alkanes of at least 4 members (excludes halogenated alkanes) is 21. The molecule has 0 bridgehead atoms. The van der Waals surface area contributed by atoms with Gasteiger partial charge in [0.15, 0.2) is 12.6 Å². The number of rotatable bonds is 43. The van der Waals surface area contributed by atoms with Crippen LogP contribution in [0.4, 0.5) is 0 Å². The third-order valence-corrected chi connectivity index (χ3v) is 12.9. The van der Waals surface area contributed by atoms with Crippen LogP contribution in [0.1, 0.15) is 194 Å². The molecular formula is C55H98O14. The minimum absolute atomic E-state index is 0.0596. The molecule has 0 aliphatic carbocycles. The fraction of sp³-hybridized carbons (Fsp3) is 0.836. The van der Waals surface area contributed by atoms with Crippen molar-refractivity contribution in [1.29, 1.82) is 0 Å². The topological polar surface area (TPSA) is 214 Å². The van der Waals surface area contributed by atoms with Gasteiger partial charge < -0.3 is 64.2 Å². The number of carbonyl (C=O) groups excluding carboxylic acids is 1. The van der Waals surface area contributed by atoms with E-state index in [0.717, 1.165) is 70.6 Å². The van der Waals surface area contributed by atoms with Gasteiger partial charge >= 0.3 is 5.97 Å². The Morgan fingerprint density at radius 2 is 0.942 bits per heavy atom. The van der Waals surface area contributed by atoms with Crippen LogP contribution in [-0.4, -0.2) is 142 Å². The molecule has 2 rings (SSSR count). The molecule has 0 aromatic heterocycles. The summed E-state index contributed by atoms with van der Waals surface area (Å²) in [6.45, 7) is 3.58. The van der Waals surface area contributed by atoms with Gasteiger partial charge in [-0.3, -0.25) is 4.79 Å². The van der Waals surface area contributed by atoms with Gasteiger partial charge in [0.05, 0.1) is 26.4 Å². The monoisotopic (exact) mass is 983 g/mol. The predicted octanol–water partition coefficient (Wildman–Crippen LogP) is 8.74. The van der Waals surface area contributed by atoms with E-state index in [1.54, 1.807) is 0 Å². The predicted molar refractivity (Wildman–Crippen MR) is 270 cm³/mol. The highest BCUT2D eigenvalue weighted by atomic mass is 16.7. The molecule has 2 aliphatic heterocycles. The molecule has 14 heteroatoms. The summed E-state index contributed by atoms with van der Waals surface area (Å²) in [5, 5.41) is 72.2. The van der Waals surface area contributed by atoms with Crippen molar-refractivity contribution in [2.24, 2.45) is 0 Å². The van der Waals surface area contributed by atoms with Crippen LogP contribution in [0.5, 0.6) is 0 Å². The van der Waals surface area contributed by atoms with Crippen molar-refractivity contribution in [3.63, 3.8) is 0 Å². The van der Waals surface area contributed by atoms with Gasteiger partial charge in [-0.1, -0.05) is 184 Å². The molecule has 0 spiro atoms. The molecule has 0 radical (unpaired) electrons. The van der Waals surface area contributed by atoms with Gasteiger partial charge in [-0.15, -0.1) is 0 Å². The van der Waals surface area contributed by atoms with Crippen molar-refractivity contribution in [1.82, 2.24) is 0 Å². The lowest BCUT2D eigenvalue weighted by atomic mass is 9.98. The lowest BCUT2D eigenvalue weighted by molar-refractivity contribution is -0.332. The van der Waals surface area contributed by atoms with Crippen molar-refractivity contribution < 1.29 is 69.0 Å². The Balaban J connectivity index is 1.74. The van der Waals surface area contributed by atoms with Crippen LogP contribution in [0.2, 0.25) is 0 Å². The van der Waals surface area contributed by atoms with Crippen molar-refractivity contribution in [3.8, 4) is 0 Å². The molecule has 0 aromatic carbocycles. The lowest BCUT2D eigenvalue weighted by Crippen LogP contribution is -2.61. The molecule has 11 unspecified atom stereocenters.